The minimum atomic E-state index is -4.16. The fourth-order valence-corrected chi connectivity index (χ4v) is 4.37. The number of carbonyl (C=O) groups is 1. The molecule has 0 aromatic heterocycles. The van der Waals surface area contributed by atoms with Crippen molar-refractivity contribution in [3.63, 3.8) is 0 Å². The van der Waals surface area contributed by atoms with Crippen LogP contribution in [0.25, 0.3) is 0 Å². The molecule has 7 nitrogen and oxygen atoms in total. The van der Waals surface area contributed by atoms with Gasteiger partial charge < -0.3 is 9.26 Å². The zero-order valence-electron chi connectivity index (χ0n) is 16.9. The van der Waals surface area contributed by atoms with E-state index in [0.29, 0.717) is 4.31 Å². The van der Waals surface area contributed by atoms with E-state index in [1.165, 1.54) is 7.05 Å². The largest absolute Gasteiger partial charge is 0.443 e. The fraction of sp³-hybridized carbons (Fsp3) is 0.933. The summed E-state index contributed by atoms with van der Waals surface area (Å²) in [6.45, 7) is 18.2. The van der Waals surface area contributed by atoms with Crippen LogP contribution in [0.4, 0.5) is 4.79 Å². The van der Waals surface area contributed by atoms with E-state index in [0.717, 1.165) is 4.47 Å². The predicted octanol–water partition coefficient (Wildman–Crippen LogP) is 3.75. The quantitative estimate of drug-likeness (QED) is 0.535. The number of ether oxygens (including phenoxy) is 1. The van der Waals surface area contributed by atoms with E-state index in [-0.39, 0.29) is 5.04 Å². The second kappa shape index (κ2) is 7.31. The summed E-state index contributed by atoms with van der Waals surface area (Å²) in [5, 5.41) is -0.175. The third-order valence-electron chi connectivity index (χ3n) is 3.78. The molecule has 9 heteroatoms. The van der Waals surface area contributed by atoms with Crippen LogP contribution in [-0.4, -0.2) is 50.3 Å². The molecule has 0 radical (unpaired) electrons. The molecule has 0 saturated heterocycles. The SMILES string of the molecule is CC(C)N(C(=O)OC(C)(C)C)S(=O)(=O)N(C)O[Si](C)(C)C(C)(C)C. The molecule has 144 valence electrons. The number of carbonyl (C=O) groups excluding carboxylic acids is 1. The number of hydrogen-bond donors (Lipinski definition) is 0. The molecule has 0 aromatic rings. The third-order valence-corrected chi connectivity index (χ3v) is 10.0. The minimum Gasteiger partial charge on any atom is -0.443 e. The van der Waals surface area contributed by atoms with E-state index in [4.69, 9.17) is 9.26 Å². The van der Waals surface area contributed by atoms with Gasteiger partial charge in [-0.3, -0.25) is 0 Å². The lowest BCUT2D eigenvalue weighted by molar-refractivity contribution is 0.0179. The second-order valence-corrected chi connectivity index (χ2v) is 15.1. The fourth-order valence-electron chi connectivity index (χ4n) is 1.51. The standard InChI is InChI=1S/C15H34N2O5SSi/c1-12(2)17(13(18)21-14(3,4)5)23(19,20)16(9)22-24(10,11)15(6,7)8/h12H,1-11H3. The number of rotatable bonds is 5. The first-order chi connectivity index (χ1) is 10.3. The van der Waals surface area contributed by atoms with Gasteiger partial charge in [0, 0.05) is 13.1 Å². The molecule has 0 N–H and O–H groups in total. The van der Waals surface area contributed by atoms with E-state index >= 15 is 0 Å². The van der Waals surface area contributed by atoms with Crippen LogP contribution in [0.5, 0.6) is 0 Å². The molecule has 0 rings (SSSR count). The van der Waals surface area contributed by atoms with E-state index in [9.17, 15) is 13.2 Å². The number of amides is 1. The first-order valence-corrected chi connectivity index (χ1v) is 12.3. The van der Waals surface area contributed by atoms with Gasteiger partial charge in [0.1, 0.15) is 5.60 Å². The lowest BCUT2D eigenvalue weighted by Crippen LogP contribution is -2.54. The van der Waals surface area contributed by atoms with Crippen LogP contribution in [0.1, 0.15) is 55.4 Å². The van der Waals surface area contributed by atoms with Gasteiger partial charge in [-0.25, -0.2) is 4.79 Å². The Balaban J connectivity index is 5.61. The van der Waals surface area contributed by atoms with Crippen molar-refractivity contribution in [2.75, 3.05) is 7.05 Å². The van der Waals surface area contributed by atoms with Crippen molar-refractivity contribution in [2.45, 2.75) is 85.2 Å². The van der Waals surface area contributed by atoms with Crippen LogP contribution in [0.3, 0.4) is 0 Å². The summed E-state index contributed by atoms with van der Waals surface area (Å²) in [7, 11) is -5.22. The average molecular weight is 383 g/mol. The highest BCUT2D eigenvalue weighted by molar-refractivity contribution is 7.87. The Morgan fingerprint density at radius 1 is 1.04 bits per heavy atom. The highest BCUT2D eigenvalue weighted by atomic mass is 32.2. The maximum atomic E-state index is 12.9. The Bertz CT molecular complexity index is 547. The molecule has 0 aliphatic heterocycles. The lowest BCUT2D eigenvalue weighted by Gasteiger charge is -2.39. The Kier molecular flexibility index (Phi) is 7.11. The van der Waals surface area contributed by atoms with Gasteiger partial charge in [0.15, 0.2) is 0 Å². The van der Waals surface area contributed by atoms with Crippen molar-refractivity contribution >= 4 is 24.6 Å². The highest BCUT2D eigenvalue weighted by Crippen LogP contribution is 2.37. The van der Waals surface area contributed by atoms with E-state index in [2.05, 4.69) is 0 Å². The summed E-state index contributed by atoms with van der Waals surface area (Å²) in [5.41, 5.74) is -0.793. The molecule has 0 heterocycles. The Morgan fingerprint density at radius 2 is 1.46 bits per heavy atom. The van der Waals surface area contributed by atoms with Gasteiger partial charge in [-0.05, 0) is 52.8 Å². The molecular formula is C15H34N2O5SSi. The van der Waals surface area contributed by atoms with E-state index < -0.39 is 36.3 Å². The summed E-state index contributed by atoms with van der Waals surface area (Å²) in [6, 6.07) is -0.602. The summed E-state index contributed by atoms with van der Waals surface area (Å²) in [6.07, 6.45) is -0.914. The predicted molar refractivity (Wildman–Crippen MR) is 98.2 cm³/mol. The van der Waals surface area contributed by atoms with Gasteiger partial charge in [0.25, 0.3) is 0 Å². The Morgan fingerprint density at radius 3 is 1.75 bits per heavy atom. The van der Waals surface area contributed by atoms with Crippen molar-refractivity contribution in [2.24, 2.45) is 0 Å². The number of hydrogen-bond acceptors (Lipinski definition) is 5. The van der Waals surface area contributed by atoms with Crippen LogP contribution in [0.15, 0.2) is 0 Å². The van der Waals surface area contributed by atoms with E-state index in [1.807, 2.05) is 33.9 Å². The lowest BCUT2D eigenvalue weighted by atomic mass is 10.2. The molecule has 0 unspecified atom stereocenters. The van der Waals surface area contributed by atoms with Crippen LogP contribution < -0.4 is 0 Å². The van der Waals surface area contributed by atoms with Crippen molar-refractivity contribution in [1.82, 2.24) is 8.77 Å². The molecule has 1 amide bonds. The molecule has 0 fully saturated rings. The Hall–Kier alpha value is -0.643. The van der Waals surface area contributed by atoms with Crippen LogP contribution >= 0.6 is 0 Å². The monoisotopic (exact) mass is 382 g/mol. The van der Waals surface area contributed by atoms with Crippen molar-refractivity contribution < 1.29 is 22.5 Å². The summed E-state index contributed by atoms with van der Waals surface area (Å²) < 4.78 is 38.3. The van der Waals surface area contributed by atoms with Crippen LogP contribution in [0.2, 0.25) is 18.1 Å². The van der Waals surface area contributed by atoms with Crippen molar-refractivity contribution in [3.8, 4) is 0 Å². The Labute approximate surface area is 148 Å². The van der Waals surface area contributed by atoms with Crippen LogP contribution in [0, 0.1) is 0 Å². The first-order valence-electron chi connectivity index (χ1n) is 8.03. The molecule has 0 atom stereocenters. The zero-order valence-corrected chi connectivity index (χ0v) is 18.7. The summed E-state index contributed by atoms with van der Waals surface area (Å²) in [5.74, 6) is 0. The molecule has 0 saturated carbocycles. The smallest absolute Gasteiger partial charge is 0.425 e. The normalized spacial score (nSPS) is 14.2. The van der Waals surface area contributed by atoms with Crippen molar-refractivity contribution in [1.29, 1.82) is 0 Å². The molecule has 0 spiro atoms. The first kappa shape index (κ1) is 23.4. The topological polar surface area (TPSA) is 76.2 Å². The molecule has 0 aromatic carbocycles. The van der Waals surface area contributed by atoms with Gasteiger partial charge in [-0.2, -0.15) is 12.7 Å². The van der Waals surface area contributed by atoms with Gasteiger partial charge in [0.05, 0.1) is 0 Å². The zero-order chi connectivity index (χ0) is 19.7. The maximum Gasteiger partial charge on any atom is 0.425 e. The molecule has 0 aliphatic carbocycles. The van der Waals surface area contributed by atoms with Gasteiger partial charge >= 0.3 is 16.3 Å². The average Bonchev–Trinajstić information content (AvgIpc) is 2.22. The molecule has 0 bridgehead atoms. The molecule has 24 heavy (non-hydrogen) atoms. The summed E-state index contributed by atoms with van der Waals surface area (Å²) >= 11 is 0. The number of hydroxylamine groups is 1. The van der Waals surface area contributed by atoms with E-state index in [1.54, 1.807) is 34.6 Å². The van der Waals surface area contributed by atoms with Gasteiger partial charge in [-0.15, -0.1) is 0 Å². The van der Waals surface area contributed by atoms with Crippen molar-refractivity contribution in [3.05, 3.63) is 0 Å². The van der Waals surface area contributed by atoms with Gasteiger partial charge in [0.2, 0.25) is 8.32 Å². The third kappa shape index (κ3) is 6.02. The van der Waals surface area contributed by atoms with Gasteiger partial charge in [-0.1, -0.05) is 25.2 Å². The highest BCUT2D eigenvalue weighted by Gasteiger charge is 2.44. The maximum absolute atomic E-state index is 12.9. The minimum absolute atomic E-state index is 0.175. The second-order valence-electron chi connectivity index (χ2n) is 8.64. The summed E-state index contributed by atoms with van der Waals surface area (Å²) in [4.78, 5) is 12.4. The number of nitrogens with zero attached hydrogens (tertiary/aromatic N) is 2. The van der Waals surface area contributed by atoms with Crippen LogP contribution in [-0.2, 0) is 19.5 Å². The molecular weight excluding hydrogens is 348 g/mol. The molecule has 0 aliphatic rings.